The second kappa shape index (κ2) is 7.92. The van der Waals surface area contributed by atoms with Crippen LogP contribution in [-0.2, 0) is 16.6 Å². The first-order valence-electron chi connectivity index (χ1n) is 8.05. The third-order valence-electron chi connectivity index (χ3n) is 3.59. The van der Waals surface area contributed by atoms with Crippen LogP contribution in [-0.4, -0.2) is 18.6 Å². The first-order valence-corrected chi connectivity index (χ1v) is 9.53. The van der Waals surface area contributed by atoms with E-state index in [1.54, 1.807) is 18.2 Å². The molecular formula is C18H18N4O4S. The number of carbonyl (C=O) groups is 1. The maximum absolute atomic E-state index is 12.3. The minimum absolute atomic E-state index is 0.0335. The predicted molar refractivity (Wildman–Crippen MR) is 102 cm³/mol. The number of carbonyl (C=O) groups excluding carboxylic acids is 1. The van der Waals surface area contributed by atoms with Crippen molar-refractivity contribution < 1.29 is 17.6 Å². The average Bonchev–Trinajstić information content (AvgIpc) is 3.15. The van der Waals surface area contributed by atoms with Crippen molar-refractivity contribution in [1.29, 1.82) is 0 Å². The number of aromatic nitrogens is 1. The maximum Gasteiger partial charge on any atom is 0.357 e. The molecule has 27 heavy (non-hydrogen) atoms. The van der Waals surface area contributed by atoms with Gasteiger partial charge in [-0.3, -0.25) is 14.5 Å². The Kier molecular flexibility index (Phi) is 5.41. The molecule has 0 bridgehead atoms. The van der Waals surface area contributed by atoms with Gasteiger partial charge in [0, 0.05) is 11.9 Å². The van der Waals surface area contributed by atoms with Gasteiger partial charge >= 0.3 is 15.3 Å². The lowest BCUT2D eigenvalue weighted by Crippen LogP contribution is -2.33. The Labute approximate surface area is 156 Å². The van der Waals surface area contributed by atoms with Gasteiger partial charge < -0.3 is 15.1 Å². The number of rotatable bonds is 6. The topological polar surface area (TPSA) is 113 Å². The number of sulfonamides is 1. The highest BCUT2D eigenvalue weighted by Gasteiger charge is 2.23. The molecule has 0 atom stereocenters. The van der Waals surface area contributed by atoms with E-state index in [1.807, 2.05) is 31.2 Å². The molecule has 0 aliphatic rings. The molecule has 1 amide bonds. The van der Waals surface area contributed by atoms with E-state index >= 15 is 0 Å². The highest BCUT2D eigenvalue weighted by atomic mass is 32.2. The minimum atomic E-state index is -4.31. The number of nitrogens with one attached hydrogen (secondary N) is 3. The van der Waals surface area contributed by atoms with Crippen LogP contribution in [0.1, 0.15) is 11.3 Å². The molecule has 0 spiro atoms. The van der Waals surface area contributed by atoms with Gasteiger partial charge in [0.05, 0.1) is 30.4 Å². The van der Waals surface area contributed by atoms with Gasteiger partial charge in [0.15, 0.2) is 0 Å². The normalized spacial score (nSPS) is 11.0. The summed E-state index contributed by atoms with van der Waals surface area (Å²) in [7, 11) is -4.31. The number of pyridine rings is 1. The molecule has 2 heterocycles. The van der Waals surface area contributed by atoms with E-state index in [4.69, 9.17) is 4.42 Å². The fourth-order valence-electron chi connectivity index (χ4n) is 2.32. The van der Waals surface area contributed by atoms with Crippen LogP contribution >= 0.6 is 0 Å². The molecule has 9 heteroatoms. The van der Waals surface area contributed by atoms with Crippen LogP contribution in [0.2, 0.25) is 0 Å². The fourth-order valence-corrected chi connectivity index (χ4v) is 3.13. The Morgan fingerprint density at radius 1 is 1.15 bits per heavy atom. The zero-order valence-electron chi connectivity index (χ0n) is 14.5. The van der Waals surface area contributed by atoms with Crippen LogP contribution in [0, 0.1) is 6.92 Å². The average molecular weight is 386 g/mol. The largest absolute Gasteiger partial charge is 0.467 e. The van der Waals surface area contributed by atoms with Crippen molar-refractivity contribution in [3.63, 3.8) is 0 Å². The van der Waals surface area contributed by atoms with Crippen molar-refractivity contribution in [2.45, 2.75) is 13.5 Å². The number of nitrogens with zero attached hydrogens (tertiary/aromatic N) is 1. The molecule has 0 saturated heterocycles. The third kappa shape index (κ3) is 4.85. The summed E-state index contributed by atoms with van der Waals surface area (Å²) in [5.41, 5.74) is 2.46. The van der Waals surface area contributed by atoms with E-state index in [2.05, 4.69) is 20.3 Å². The number of hydrogen-bond acceptors (Lipinski definition) is 6. The van der Waals surface area contributed by atoms with Crippen molar-refractivity contribution in [2.24, 2.45) is 0 Å². The molecule has 140 valence electrons. The number of aryl methyl sites for hydroxylation is 1. The van der Waals surface area contributed by atoms with Crippen LogP contribution in [0.25, 0.3) is 0 Å². The third-order valence-corrected chi connectivity index (χ3v) is 4.71. The zero-order valence-corrected chi connectivity index (χ0v) is 15.3. The minimum Gasteiger partial charge on any atom is -0.467 e. The highest BCUT2D eigenvalue weighted by Crippen LogP contribution is 2.25. The quantitative estimate of drug-likeness (QED) is 0.598. The summed E-state index contributed by atoms with van der Waals surface area (Å²) >= 11 is 0. The number of anilines is 3. The van der Waals surface area contributed by atoms with E-state index < -0.39 is 15.3 Å². The Morgan fingerprint density at radius 2 is 2.00 bits per heavy atom. The van der Waals surface area contributed by atoms with Gasteiger partial charge in [0.2, 0.25) is 0 Å². The van der Waals surface area contributed by atoms with E-state index in [1.165, 1.54) is 18.7 Å². The second-order valence-corrected chi connectivity index (χ2v) is 7.32. The zero-order chi connectivity index (χ0) is 19.3. The number of amides is 1. The van der Waals surface area contributed by atoms with Crippen LogP contribution in [0.3, 0.4) is 0 Å². The lowest BCUT2D eigenvalue weighted by Gasteiger charge is -2.13. The van der Waals surface area contributed by atoms with Gasteiger partial charge in [0.25, 0.3) is 0 Å². The number of benzene rings is 1. The molecule has 3 rings (SSSR count). The Balaban J connectivity index is 1.73. The van der Waals surface area contributed by atoms with Crippen LogP contribution in [0.5, 0.6) is 0 Å². The monoisotopic (exact) mass is 386 g/mol. The highest BCUT2D eigenvalue weighted by molar-refractivity contribution is 8.07. The summed E-state index contributed by atoms with van der Waals surface area (Å²) in [4.78, 5) is 16.0. The van der Waals surface area contributed by atoms with Crippen LogP contribution in [0.4, 0.5) is 21.9 Å². The van der Waals surface area contributed by atoms with E-state index in [0.717, 1.165) is 11.3 Å². The smallest absolute Gasteiger partial charge is 0.357 e. The predicted octanol–water partition coefficient (Wildman–Crippen LogP) is 3.38. The lowest BCUT2D eigenvalue weighted by atomic mass is 10.2. The maximum atomic E-state index is 12.3. The lowest BCUT2D eigenvalue weighted by molar-refractivity contribution is 0.257. The Hall–Kier alpha value is -3.33. The molecule has 3 aromatic rings. The molecule has 0 aliphatic heterocycles. The summed E-state index contributed by atoms with van der Waals surface area (Å²) < 4.78 is 31.9. The summed E-state index contributed by atoms with van der Waals surface area (Å²) in [5.74, 6) is 0.446. The Bertz CT molecular complexity index is 1030. The molecule has 8 nitrogen and oxygen atoms in total. The molecule has 1 aromatic carbocycles. The SMILES string of the molecule is Cc1cccc(Nc2ccncc2NS(=O)(=O)C(=O)NCc2ccco2)c1. The number of furan rings is 1. The first kappa shape index (κ1) is 18.5. The number of hydrogen-bond donors (Lipinski definition) is 3. The van der Waals surface area contributed by atoms with Crippen molar-refractivity contribution in [3.8, 4) is 0 Å². The van der Waals surface area contributed by atoms with Gasteiger partial charge in [-0.05, 0) is 42.8 Å². The molecule has 0 radical (unpaired) electrons. The molecule has 3 N–H and O–H groups in total. The van der Waals surface area contributed by atoms with Gasteiger partial charge in [-0.1, -0.05) is 12.1 Å². The molecule has 0 fully saturated rings. The summed E-state index contributed by atoms with van der Waals surface area (Å²) in [6.45, 7) is 1.92. The molecule has 0 aliphatic carbocycles. The molecule has 2 aromatic heterocycles. The van der Waals surface area contributed by atoms with E-state index in [-0.39, 0.29) is 12.2 Å². The van der Waals surface area contributed by atoms with Gasteiger partial charge in [0.1, 0.15) is 5.76 Å². The van der Waals surface area contributed by atoms with E-state index in [0.29, 0.717) is 11.4 Å². The van der Waals surface area contributed by atoms with Crippen molar-refractivity contribution >= 4 is 32.3 Å². The molecular weight excluding hydrogens is 368 g/mol. The standard InChI is InChI=1S/C18H18N4O4S/c1-13-4-2-5-14(10-13)21-16-7-8-19-12-17(16)22-27(24,25)18(23)20-11-15-6-3-9-26-15/h2-10,12,22H,11H2,1H3,(H,19,21)(H,20,23). The van der Waals surface area contributed by atoms with Crippen molar-refractivity contribution in [2.75, 3.05) is 10.0 Å². The van der Waals surface area contributed by atoms with Gasteiger partial charge in [-0.25, -0.2) is 0 Å². The van der Waals surface area contributed by atoms with Crippen molar-refractivity contribution in [3.05, 3.63) is 72.4 Å². The van der Waals surface area contributed by atoms with Crippen molar-refractivity contribution in [1.82, 2.24) is 10.3 Å². The summed E-state index contributed by atoms with van der Waals surface area (Å²) in [6.07, 6.45) is 4.29. The molecule has 0 saturated carbocycles. The fraction of sp³-hybridized carbons (Fsp3) is 0.111. The summed E-state index contributed by atoms with van der Waals surface area (Å²) in [5, 5.41) is 4.25. The van der Waals surface area contributed by atoms with Crippen LogP contribution < -0.4 is 15.4 Å². The summed E-state index contributed by atoms with van der Waals surface area (Å²) in [6, 6.07) is 12.5. The van der Waals surface area contributed by atoms with Gasteiger partial charge in [-0.15, -0.1) is 0 Å². The first-order chi connectivity index (χ1) is 12.9. The van der Waals surface area contributed by atoms with Gasteiger partial charge in [-0.2, -0.15) is 8.42 Å². The van der Waals surface area contributed by atoms with E-state index in [9.17, 15) is 13.2 Å². The Morgan fingerprint density at radius 3 is 2.74 bits per heavy atom. The van der Waals surface area contributed by atoms with Crippen LogP contribution in [0.15, 0.2) is 65.5 Å². The molecule has 0 unspecified atom stereocenters. The second-order valence-electron chi connectivity index (χ2n) is 5.74.